The van der Waals surface area contributed by atoms with Crippen molar-refractivity contribution in [1.82, 2.24) is 9.55 Å². The second-order valence-corrected chi connectivity index (χ2v) is 4.08. The van der Waals surface area contributed by atoms with Crippen molar-refractivity contribution in [2.45, 2.75) is 32.1 Å². The van der Waals surface area contributed by atoms with Crippen LogP contribution in [-0.2, 0) is 4.74 Å². The molecule has 0 spiro atoms. The van der Waals surface area contributed by atoms with Gasteiger partial charge in [0.25, 0.3) is 5.56 Å². The van der Waals surface area contributed by atoms with Gasteiger partial charge in [-0.15, -0.1) is 6.42 Å². The highest BCUT2D eigenvalue weighted by atomic mass is 16.5. The predicted octanol–water partition coefficient (Wildman–Crippen LogP) is 0.484. The Morgan fingerprint density at radius 1 is 1.65 bits per heavy atom. The van der Waals surface area contributed by atoms with E-state index in [1.807, 2.05) is 6.92 Å². The molecule has 5 heteroatoms. The first-order chi connectivity index (χ1) is 8.15. The van der Waals surface area contributed by atoms with Crippen LogP contribution in [0.2, 0.25) is 0 Å². The van der Waals surface area contributed by atoms with Crippen LogP contribution in [0.4, 0.5) is 0 Å². The summed E-state index contributed by atoms with van der Waals surface area (Å²) in [7, 11) is 0. The van der Waals surface area contributed by atoms with Crippen LogP contribution >= 0.6 is 0 Å². The Hall–Kier alpha value is -1.80. The van der Waals surface area contributed by atoms with Gasteiger partial charge in [-0.1, -0.05) is 12.8 Å². The molecule has 1 aliphatic rings. The molecular formula is C12H14N2O3. The molecule has 0 aromatic carbocycles. The van der Waals surface area contributed by atoms with E-state index >= 15 is 0 Å². The van der Waals surface area contributed by atoms with Crippen LogP contribution in [0.5, 0.6) is 0 Å². The van der Waals surface area contributed by atoms with Gasteiger partial charge in [-0.05, 0) is 12.8 Å². The van der Waals surface area contributed by atoms with Crippen molar-refractivity contribution in [3.63, 3.8) is 0 Å². The number of rotatable bonds is 2. The van der Waals surface area contributed by atoms with Gasteiger partial charge in [0.15, 0.2) is 6.23 Å². The Bertz CT molecular complexity index is 552. The normalized spacial score (nSPS) is 27.9. The number of terminal acetylenes is 1. The monoisotopic (exact) mass is 234 g/mol. The SMILES string of the molecule is C#CC1CC(CC)OC1n1ccc(=O)[nH]c1=O. The molecule has 0 radical (unpaired) electrons. The lowest BCUT2D eigenvalue weighted by Crippen LogP contribution is -2.33. The van der Waals surface area contributed by atoms with Gasteiger partial charge in [-0.3, -0.25) is 14.3 Å². The third-order valence-corrected chi connectivity index (χ3v) is 2.99. The zero-order valence-electron chi connectivity index (χ0n) is 9.55. The lowest BCUT2D eigenvalue weighted by Gasteiger charge is -2.16. The zero-order valence-corrected chi connectivity index (χ0v) is 9.55. The number of H-pyrrole nitrogens is 1. The minimum atomic E-state index is -0.487. The van der Waals surface area contributed by atoms with E-state index in [-0.39, 0.29) is 12.0 Å². The molecule has 0 saturated carbocycles. The second-order valence-electron chi connectivity index (χ2n) is 4.08. The molecule has 5 nitrogen and oxygen atoms in total. The third-order valence-electron chi connectivity index (χ3n) is 2.99. The third kappa shape index (κ3) is 2.17. The quantitative estimate of drug-likeness (QED) is 0.757. The summed E-state index contributed by atoms with van der Waals surface area (Å²) in [6.45, 7) is 2.01. The van der Waals surface area contributed by atoms with Crippen molar-refractivity contribution < 1.29 is 4.74 Å². The fourth-order valence-electron chi connectivity index (χ4n) is 2.05. The van der Waals surface area contributed by atoms with Crippen LogP contribution in [-0.4, -0.2) is 15.7 Å². The van der Waals surface area contributed by atoms with E-state index in [4.69, 9.17) is 11.2 Å². The Morgan fingerprint density at radius 3 is 3.00 bits per heavy atom. The summed E-state index contributed by atoms with van der Waals surface area (Å²) in [5.74, 6) is 2.51. The lowest BCUT2D eigenvalue weighted by atomic mass is 10.0. The van der Waals surface area contributed by atoms with E-state index in [0.29, 0.717) is 0 Å². The number of hydrogen-bond donors (Lipinski definition) is 1. The van der Waals surface area contributed by atoms with Crippen molar-refractivity contribution >= 4 is 0 Å². The van der Waals surface area contributed by atoms with Crippen molar-refractivity contribution in [1.29, 1.82) is 0 Å². The fourth-order valence-corrected chi connectivity index (χ4v) is 2.05. The minimum Gasteiger partial charge on any atom is -0.353 e. The van der Waals surface area contributed by atoms with E-state index in [9.17, 15) is 9.59 Å². The molecule has 1 saturated heterocycles. The molecule has 1 aliphatic heterocycles. The summed E-state index contributed by atoms with van der Waals surface area (Å²) in [5, 5.41) is 0. The summed E-state index contributed by atoms with van der Waals surface area (Å²) in [6.07, 6.45) is 8.05. The molecule has 1 aromatic rings. The number of aromatic amines is 1. The van der Waals surface area contributed by atoms with Gasteiger partial charge in [0.2, 0.25) is 0 Å². The number of nitrogens with zero attached hydrogens (tertiary/aromatic N) is 1. The standard InChI is InChI=1S/C12H14N2O3/c1-3-8-7-9(4-2)17-11(8)14-6-5-10(15)13-12(14)16/h1,5-6,8-9,11H,4,7H2,2H3,(H,13,15,16). The van der Waals surface area contributed by atoms with Crippen LogP contribution in [0.15, 0.2) is 21.9 Å². The van der Waals surface area contributed by atoms with E-state index in [1.54, 1.807) is 0 Å². The fraction of sp³-hybridized carbons (Fsp3) is 0.500. The van der Waals surface area contributed by atoms with Crippen molar-refractivity contribution in [3.8, 4) is 12.3 Å². The van der Waals surface area contributed by atoms with Crippen LogP contribution in [0.3, 0.4) is 0 Å². The number of ether oxygens (including phenoxy) is 1. The minimum absolute atomic E-state index is 0.0693. The molecule has 2 heterocycles. The molecule has 1 aromatic heterocycles. The van der Waals surface area contributed by atoms with Gasteiger partial charge in [0, 0.05) is 12.3 Å². The number of nitrogens with one attached hydrogen (secondary N) is 1. The summed E-state index contributed by atoms with van der Waals surface area (Å²) in [5.41, 5.74) is -0.909. The maximum Gasteiger partial charge on any atom is 0.330 e. The van der Waals surface area contributed by atoms with Gasteiger partial charge in [-0.25, -0.2) is 4.79 Å². The maximum atomic E-state index is 11.6. The van der Waals surface area contributed by atoms with Gasteiger partial charge < -0.3 is 4.74 Å². The molecule has 0 amide bonds. The van der Waals surface area contributed by atoms with E-state index in [0.717, 1.165) is 12.8 Å². The first-order valence-electron chi connectivity index (χ1n) is 5.58. The van der Waals surface area contributed by atoms with Gasteiger partial charge >= 0.3 is 5.69 Å². The van der Waals surface area contributed by atoms with Crippen LogP contribution in [0.25, 0.3) is 0 Å². The van der Waals surface area contributed by atoms with Gasteiger partial charge in [0.05, 0.1) is 12.0 Å². The largest absolute Gasteiger partial charge is 0.353 e. The molecule has 1 N–H and O–H groups in total. The molecular weight excluding hydrogens is 220 g/mol. The highest BCUT2D eigenvalue weighted by molar-refractivity contribution is 5.01. The molecule has 0 bridgehead atoms. The topological polar surface area (TPSA) is 64.1 Å². The Morgan fingerprint density at radius 2 is 2.41 bits per heavy atom. The van der Waals surface area contributed by atoms with E-state index in [2.05, 4.69) is 10.9 Å². The number of hydrogen-bond acceptors (Lipinski definition) is 3. The van der Waals surface area contributed by atoms with E-state index < -0.39 is 17.5 Å². The first kappa shape index (κ1) is 11.7. The van der Waals surface area contributed by atoms with Crippen molar-refractivity contribution in [2.24, 2.45) is 5.92 Å². The second kappa shape index (κ2) is 4.60. The smallest absolute Gasteiger partial charge is 0.330 e. The number of aromatic nitrogens is 2. The molecule has 2 rings (SSSR count). The molecule has 3 atom stereocenters. The molecule has 1 fully saturated rings. The lowest BCUT2D eigenvalue weighted by molar-refractivity contribution is -0.00978. The molecule has 3 unspecified atom stereocenters. The predicted molar refractivity (Wildman–Crippen MR) is 62.5 cm³/mol. The first-order valence-corrected chi connectivity index (χ1v) is 5.58. The highest BCUT2D eigenvalue weighted by Crippen LogP contribution is 2.33. The Balaban J connectivity index is 2.36. The Kier molecular flexibility index (Phi) is 3.16. The van der Waals surface area contributed by atoms with Crippen LogP contribution in [0.1, 0.15) is 26.0 Å². The summed E-state index contributed by atoms with van der Waals surface area (Å²) < 4.78 is 7.07. The Labute approximate surface area is 98.4 Å². The van der Waals surface area contributed by atoms with Crippen LogP contribution < -0.4 is 11.2 Å². The molecule has 0 aliphatic carbocycles. The van der Waals surface area contributed by atoms with E-state index in [1.165, 1.54) is 16.8 Å². The molecule has 17 heavy (non-hydrogen) atoms. The van der Waals surface area contributed by atoms with Crippen molar-refractivity contribution in [3.05, 3.63) is 33.1 Å². The average Bonchev–Trinajstić information content (AvgIpc) is 2.72. The maximum absolute atomic E-state index is 11.6. The summed E-state index contributed by atoms with van der Waals surface area (Å²) in [6, 6.07) is 1.29. The highest BCUT2D eigenvalue weighted by Gasteiger charge is 2.34. The van der Waals surface area contributed by atoms with Crippen LogP contribution in [0, 0.1) is 18.3 Å². The van der Waals surface area contributed by atoms with Gasteiger partial charge in [-0.2, -0.15) is 0 Å². The summed E-state index contributed by atoms with van der Waals surface area (Å²) in [4.78, 5) is 24.8. The summed E-state index contributed by atoms with van der Waals surface area (Å²) >= 11 is 0. The molecule has 90 valence electrons. The van der Waals surface area contributed by atoms with Gasteiger partial charge in [0.1, 0.15) is 0 Å². The average molecular weight is 234 g/mol. The van der Waals surface area contributed by atoms with Crippen molar-refractivity contribution in [2.75, 3.05) is 0 Å². The zero-order chi connectivity index (χ0) is 12.4.